The first-order valence-corrected chi connectivity index (χ1v) is 9.92. The molecule has 1 aromatic heterocycles. The summed E-state index contributed by atoms with van der Waals surface area (Å²) in [5.74, 6) is -0.200. The molecule has 11 heteroatoms. The van der Waals surface area contributed by atoms with Crippen LogP contribution in [0, 0.1) is 5.82 Å². The SMILES string of the molecule is F[P-](F)(F)(F)(F)F.Fc1cccc2sc(C3CCCCC3)[n+](F)c12. The molecule has 0 bridgehead atoms. The van der Waals surface area contributed by atoms with E-state index in [1.165, 1.54) is 23.8 Å². The zero-order valence-electron chi connectivity index (χ0n) is 12.2. The van der Waals surface area contributed by atoms with Crippen molar-refractivity contribution in [2.45, 2.75) is 38.0 Å². The third kappa shape index (κ3) is 6.12. The van der Waals surface area contributed by atoms with Crippen LogP contribution in [0.5, 0.6) is 0 Å². The summed E-state index contributed by atoms with van der Waals surface area (Å²) in [7, 11) is -10.7. The smallest absolute Gasteiger partial charge is 0.199 e. The molecule has 2 aromatic rings. The molecule has 1 aliphatic carbocycles. The molecule has 0 atom stereocenters. The minimum absolute atomic E-state index is 0.109. The molecular weight excluding hydrogens is 385 g/mol. The van der Waals surface area contributed by atoms with E-state index in [9.17, 15) is 34.1 Å². The summed E-state index contributed by atoms with van der Waals surface area (Å²) in [4.78, 5) is 0.575. The van der Waals surface area contributed by atoms with Crippen molar-refractivity contribution in [3.63, 3.8) is 0 Å². The van der Waals surface area contributed by atoms with Crippen LogP contribution in [0.25, 0.3) is 10.2 Å². The standard InChI is InChI=1S/C13H14F2NS.F6P/c14-10-7-4-8-11-12(10)16(15)13(17-11)9-5-2-1-3-6-9;1-7(2,3,4,5)6/h4,7-9H,1-3,5-6H2;/q+1;-1. The summed E-state index contributed by atoms with van der Waals surface area (Å²) >= 11 is 1.39. The molecule has 1 aliphatic rings. The Morgan fingerprint density at radius 3 is 2.00 bits per heavy atom. The Morgan fingerprint density at radius 2 is 1.50 bits per heavy atom. The van der Waals surface area contributed by atoms with Gasteiger partial charge in [0.25, 0.3) is 5.01 Å². The van der Waals surface area contributed by atoms with Crippen molar-refractivity contribution in [1.82, 2.24) is 0 Å². The van der Waals surface area contributed by atoms with Crippen LogP contribution in [0.3, 0.4) is 0 Å². The monoisotopic (exact) mass is 399 g/mol. The van der Waals surface area contributed by atoms with Crippen molar-refractivity contribution in [2.24, 2.45) is 0 Å². The Labute approximate surface area is 136 Å². The van der Waals surface area contributed by atoms with Crippen LogP contribution in [-0.2, 0) is 0 Å². The van der Waals surface area contributed by atoms with Crippen molar-refractivity contribution in [2.75, 3.05) is 0 Å². The number of halogens is 8. The molecule has 1 fully saturated rings. The minimum Gasteiger partial charge on any atom is -0.199 e. The van der Waals surface area contributed by atoms with Gasteiger partial charge in [-0.2, -0.15) is 4.39 Å². The molecule has 0 unspecified atom stereocenters. The molecule has 0 amide bonds. The van der Waals surface area contributed by atoms with Crippen molar-refractivity contribution in [3.8, 4) is 0 Å². The molecular formula is C13H14F8NPS. The Balaban J connectivity index is 0.000000256. The first-order chi connectivity index (χ1) is 10.7. The molecule has 1 saturated carbocycles. The summed E-state index contributed by atoms with van der Waals surface area (Å²) < 4.78 is 87.6. The number of aromatic nitrogens is 1. The Kier molecular flexibility index (Phi) is 4.63. The maximum Gasteiger partial charge on any atom is 0.307 e. The minimum atomic E-state index is -10.7. The summed E-state index contributed by atoms with van der Waals surface area (Å²) in [5, 5.41) is 0.685. The molecule has 0 spiro atoms. The summed E-state index contributed by atoms with van der Waals surface area (Å²) in [6.07, 6.45) is 5.60. The Morgan fingerprint density at radius 1 is 0.958 bits per heavy atom. The number of rotatable bonds is 1. The van der Waals surface area contributed by atoms with E-state index in [-0.39, 0.29) is 11.4 Å². The van der Waals surface area contributed by atoms with E-state index in [2.05, 4.69) is 0 Å². The van der Waals surface area contributed by atoms with E-state index in [0.717, 1.165) is 25.7 Å². The van der Waals surface area contributed by atoms with E-state index in [1.807, 2.05) is 0 Å². The number of nitrogens with zero attached hydrogens (tertiary/aromatic N) is 1. The molecule has 3 rings (SSSR count). The number of hydrogen-bond acceptors (Lipinski definition) is 1. The average Bonchev–Trinajstić information content (AvgIpc) is 2.75. The maximum absolute atomic E-state index is 14.2. The average molecular weight is 399 g/mol. The van der Waals surface area contributed by atoms with Gasteiger partial charge in [-0.3, -0.25) is 0 Å². The van der Waals surface area contributed by atoms with Gasteiger partial charge in [-0.05, 0) is 25.0 Å². The normalized spacial score (nSPS) is 19.3. The van der Waals surface area contributed by atoms with Crippen LogP contribution in [-0.4, -0.2) is 0 Å². The van der Waals surface area contributed by atoms with E-state index in [4.69, 9.17) is 0 Å². The van der Waals surface area contributed by atoms with Gasteiger partial charge in [-0.1, -0.05) is 36.7 Å². The topological polar surface area (TPSA) is 3.88 Å². The van der Waals surface area contributed by atoms with Crippen molar-refractivity contribution < 1.29 is 38.8 Å². The molecule has 24 heavy (non-hydrogen) atoms. The zero-order valence-corrected chi connectivity index (χ0v) is 13.9. The van der Waals surface area contributed by atoms with E-state index in [1.54, 1.807) is 12.1 Å². The van der Waals surface area contributed by atoms with Crippen LogP contribution < -0.4 is 4.79 Å². The van der Waals surface area contributed by atoms with Gasteiger partial charge < -0.3 is 0 Å². The molecule has 0 radical (unpaired) electrons. The molecule has 1 aromatic carbocycles. The Hall–Kier alpha value is -1.02. The summed E-state index contributed by atoms with van der Waals surface area (Å²) in [6, 6.07) is 4.74. The van der Waals surface area contributed by atoms with Crippen molar-refractivity contribution >= 4 is 29.4 Å². The van der Waals surface area contributed by atoms with Crippen LogP contribution in [0.2, 0.25) is 0 Å². The number of hydrogen-bond donors (Lipinski definition) is 0. The van der Waals surface area contributed by atoms with Crippen molar-refractivity contribution in [1.29, 1.82) is 0 Å². The number of thiazole rings is 1. The second-order valence-electron chi connectivity index (χ2n) is 5.60. The van der Waals surface area contributed by atoms with E-state index in [0.29, 0.717) is 14.5 Å². The quantitative estimate of drug-likeness (QED) is 0.346. The Bertz CT molecular complexity index is 722. The first-order valence-electron chi connectivity index (χ1n) is 7.08. The zero-order chi connectivity index (χ0) is 18.2. The van der Waals surface area contributed by atoms with Gasteiger partial charge in [0.15, 0.2) is 5.82 Å². The van der Waals surface area contributed by atoms with Gasteiger partial charge in [0, 0.05) is 4.79 Å². The molecule has 0 N–H and O–H groups in total. The number of benzene rings is 1. The molecule has 1 nitrogen and oxygen atoms in total. The summed E-state index contributed by atoms with van der Waals surface area (Å²) in [5.41, 5.74) is 0.109. The maximum atomic E-state index is 14.2. The van der Waals surface area contributed by atoms with Gasteiger partial charge in [0.1, 0.15) is 4.70 Å². The van der Waals surface area contributed by atoms with Gasteiger partial charge in [0.2, 0.25) is 0 Å². The van der Waals surface area contributed by atoms with Crippen LogP contribution in [0.1, 0.15) is 43.0 Å². The summed E-state index contributed by atoms with van der Waals surface area (Å²) in [6.45, 7) is 0. The second kappa shape index (κ2) is 5.76. The molecule has 1 heterocycles. The van der Waals surface area contributed by atoms with Crippen LogP contribution in [0.15, 0.2) is 18.2 Å². The second-order valence-corrected chi connectivity index (χ2v) is 8.58. The fourth-order valence-electron chi connectivity index (χ4n) is 2.62. The van der Waals surface area contributed by atoms with Gasteiger partial charge in [-0.25, -0.2) is 0 Å². The molecule has 0 aliphatic heterocycles. The van der Waals surface area contributed by atoms with Gasteiger partial charge in [0.05, 0.1) is 10.4 Å². The largest absolute Gasteiger partial charge is 0.307 e. The number of para-hydroxylation sites is 1. The predicted molar refractivity (Wildman–Crippen MR) is 77.9 cm³/mol. The fourth-order valence-corrected chi connectivity index (χ4v) is 3.84. The van der Waals surface area contributed by atoms with E-state index >= 15 is 0 Å². The fraction of sp³-hybridized carbons (Fsp3) is 0.462. The third-order valence-corrected chi connectivity index (χ3v) is 4.76. The van der Waals surface area contributed by atoms with Crippen LogP contribution in [0.4, 0.5) is 34.1 Å². The van der Waals surface area contributed by atoms with Crippen molar-refractivity contribution in [3.05, 3.63) is 29.0 Å². The van der Waals surface area contributed by atoms with Crippen LogP contribution >= 0.6 is 19.1 Å². The number of fused-ring (bicyclic) bond motifs is 1. The predicted octanol–water partition coefficient (Wildman–Crippen LogP) is 7.49. The van der Waals surface area contributed by atoms with Gasteiger partial charge in [-0.15, -0.1) is 0 Å². The van der Waals surface area contributed by atoms with Gasteiger partial charge >= 0.3 is 38.5 Å². The third-order valence-electron chi connectivity index (χ3n) is 3.51. The first kappa shape index (κ1) is 19.3. The molecule has 0 saturated heterocycles. The van der Waals surface area contributed by atoms with E-state index < -0.39 is 13.6 Å². The molecule has 138 valence electrons.